The first-order valence-corrected chi connectivity index (χ1v) is 3.77. The summed E-state index contributed by atoms with van der Waals surface area (Å²) in [6, 6.07) is 0.889. The number of aromatic amines is 1. The van der Waals surface area contributed by atoms with Crippen molar-refractivity contribution in [1.82, 2.24) is 4.98 Å². The van der Waals surface area contributed by atoms with Crippen molar-refractivity contribution < 1.29 is 8.78 Å². The fourth-order valence-corrected chi connectivity index (χ4v) is 1.11. The minimum atomic E-state index is -2.65. The van der Waals surface area contributed by atoms with Gasteiger partial charge in [0, 0.05) is 23.9 Å². The highest BCUT2D eigenvalue weighted by Gasteiger charge is 2.11. The van der Waals surface area contributed by atoms with Crippen molar-refractivity contribution in [2.24, 2.45) is 5.73 Å². The molecule has 1 heterocycles. The molecule has 72 valence electrons. The molecular formula is C8H10F2N2O. The number of rotatable bonds is 2. The van der Waals surface area contributed by atoms with Gasteiger partial charge in [-0.2, -0.15) is 0 Å². The molecule has 0 atom stereocenters. The van der Waals surface area contributed by atoms with Crippen molar-refractivity contribution in [1.29, 1.82) is 0 Å². The SMILES string of the molecule is Cc1[nH]c(C(F)F)cc(=O)c1CN. The molecule has 0 radical (unpaired) electrons. The highest BCUT2D eigenvalue weighted by molar-refractivity contribution is 5.22. The summed E-state index contributed by atoms with van der Waals surface area (Å²) in [6.45, 7) is 1.61. The lowest BCUT2D eigenvalue weighted by Gasteiger charge is -2.05. The molecule has 1 rings (SSSR count). The standard InChI is InChI=1S/C8H10F2N2O/c1-4-5(3-11)7(13)2-6(12-4)8(9)10/h2,8H,3,11H2,1H3,(H,12,13). The lowest BCUT2D eigenvalue weighted by Crippen LogP contribution is -2.17. The number of aromatic nitrogens is 1. The van der Waals surface area contributed by atoms with Gasteiger partial charge in [-0.05, 0) is 6.92 Å². The van der Waals surface area contributed by atoms with E-state index in [0.29, 0.717) is 11.3 Å². The predicted octanol–water partition coefficient (Wildman–Crippen LogP) is 1.08. The van der Waals surface area contributed by atoms with Gasteiger partial charge in [0.15, 0.2) is 5.43 Å². The van der Waals surface area contributed by atoms with Gasteiger partial charge < -0.3 is 10.7 Å². The molecule has 0 aliphatic heterocycles. The van der Waals surface area contributed by atoms with Crippen molar-refractivity contribution in [3.63, 3.8) is 0 Å². The number of pyridine rings is 1. The van der Waals surface area contributed by atoms with Crippen molar-refractivity contribution >= 4 is 0 Å². The molecule has 0 bridgehead atoms. The smallest absolute Gasteiger partial charge is 0.278 e. The second-order valence-electron chi connectivity index (χ2n) is 2.70. The molecule has 5 heteroatoms. The van der Waals surface area contributed by atoms with Crippen molar-refractivity contribution in [3.8, 4) is 0 Å². The van der Waals surface area contributed by atoms with Gasteiger partial charge in [-0.25, -0.2) is 8.78 Å². The van der Waals surface area contributed by atoms with E-state index in [-0.39, 0.29) is 12.2 Å². The number of alkyl halides is 2. The fourth-order valence-electron chi connectivity index (χ4n) is 1.11. The number of hydrogen-bond donors (Lipinski definition) is 2. The van der Waals surface area contributed by atoms with E-state index in [2.05, 4.69) is 4.98 Å². The predicted molar refractivity (Wildman–Crippen MR) is 44.6 cm³/mol. The average Bonchev–Trinajstić information content (AvgIpc) is 2.03. The lowest BCUT2D eigenvalue weighted by atomic mass is 10.2. The molecule has 1 aromatic rings. The maximum absolute atomic E-state index is 12.2. The molecule has 0 aliphatic carbocycles. The highest BCUT2D eigenvalue weighted by Crippen LogP contribution is 2.15. The first-order valence-electron chi connectivity index (χ1n) is 3.77. The third-order valence-electron chi connectivity index (χ3n) is 1.81. The van der Waals surface area contributed by atoms with Crippen LogP contribution in [-0.4, -0.2) is 4.98 Å². The van der Waals surface area contributed by atoms with Crippen LogP contribution in [0.4, 0.5) is 8.78 Å². The summed E-state index contributed by atoms with van der Waals surface area (Å²) >= 11 is 0. The van der Waals surface area contributed by atoms with Gasteiger partial charge in [0.2, 0.25) is 0 Å². The Labute approximate surface area is 73.6 Å². The molecular weight excluding hydrogens is 178 g/mol. The van der Waals surface area contributed by atoms with Crippen LogP contribution in [0.1, 0.15) is 23.4 Å². The highest BCUT2D eigenvalue weighted by atomic mass is 19.3. The number of aryl methyl sites for hydroxylation is 1. The topological polar surface area (TPSA) is 58.9 Å². The maximum Gasteiger partial charge on any atom is 0.278 e. The zero-order valence-electron chi connectivity index (χ0n) is 7.10. The van der Waals surface area contributed by atoms with Gasteiger partial charge in [0.1, 0.15) is 0 Å². The quantitative estimate of drug-likeness (QED) is 0.729. The van der Waals surface area contributed by atoms with Crippen LogP contribution in [0.15, 0.2) is 10.9 Å². The molecule has 3 N–H and O–H groups in total. The van der Waals surface area contributed by atoms with Gasteiger partial charge in [-0.15, -0.1) is 0 Å². The summed E-state index contributed by atoms with van der Waals surface area (Å²) in [7, 11) is 0. The minimum absolute atomic E-state index is 0.0602. The van der Waals surface area contributed by atoms with Crippen LogP contribution in [0.5, 0.6) is 0 Å². The van der Waals surface area contributed by atoms with E-state index in [1.54, 1.807) is 6.92 Å². The van der Waals surface area contributed by atoms with Gasteiger partial charge in [-0.3, -0.25) is 4.79 Å². The van der Waals surface area contributed by atoms with Crippen molar-refractivity contribution in [2.75, 3.05) is 0 Å². The second kappa shape index (κ2) is 3.66. The zero-order valence-corrected chi connectivity index (χ0v) is 7.10. The van der Waals surface area contributed by atoms with Gasteiger partial charge >= 0.3 is 0 Å². The summed E-state index contributed by atoms with van der Waals surface area (Å²) in [6.07, 6.45) is -2.65. The third-order valence-corrected chi connectivity index (χ3v) is 1.81. The molecule has 0 aromatic carbocycles. The van der Waals surface area contributed by atoms with E-state index in [1.807, 2.05) is 0 Å². The minimum Gasteiger partial charge on any atom is -0.357 e. The number of H-pyrrole nitrogens is 1. The number of hydrogen-bond acceptors (Lipinski definition) is 2. The van der Waals surface area contributed by atoms with E-state index < -0.39 is 11.9 Å². The Kier molecular flexibility index (Phi) is 2.77. The van der Waals surface area contributed by atoms with Gasteiger partial charge in [0.05, 0.1) is 5.69 Å². The molecule has 0 spiro atoms. The Morgan fingerprint density at radius 2 is 2.23 bits per heavy atom. The summed E-state index contributed by atoms with van der Waals surface area (Å²) in [5.41, 5.74) is 5.23. The third kappa shape index (κ3) is 1.92. The number of nitrogens with two attached hydrogens (primary N) is 1. The van der Waals surface area contributed by atoms with Gasteiger partial charge in [-0.1, -0.05) is 0 Å². The molecule has 0 saturated heterocycles. The fraction of sp³-hybridized carbons (Fsp3) is 0.375. The zero-order chi connectivity index (χ0) is 10.0. The van der Waals surface area contributed by atoms with Gasteiger partial charge in [0.25, 0.3) is 6.43 Å². The molecule has 0 amide bonds. The largest absolute Gasteiger partial charge is 0.357 e. The molecule has 3 nitrogen and oxygen atoms in total. The lowest BCUT2D eigenvalue weighted by molar-refractivity contribution is 0.145. The van der Waals surface area contributed by atoms with E-state index in [4.69, 9.17) is 5.73 Å². The summed E-state index contributed by atoms with van der Waals surface area (Å²) < 4.78 is 24.3. The van der Waals surface area contributed by atoms with E-state index in [0.717, 1.165) is 6.07 Å². The number of halogens is 2. The normalized spacial score (nSPS) is 10.8. The Hall–Kier alpha value is -1.23. The molecule has 0 unspecified atom stereocenters. The first kappa shape index (κ1) is 9.85. The summed E-state index contributed by atoms with van der Waals surface area (Å²) in [5, 5.41) is 0. The molecule has 0 fully saturated rings. The molecule has 0 aliphatic rings. The molecule has 13 heavy (non-hydrogen) atoms. The van der Waals surface area contributed by atoms with Crippen LogP contribution < -0.4 is 11.2 Å². The van der Waals surface area contributed by atoms with Crippen LogP contribution >= 0.6 is 0 Å². The first-order chi connectivity index (χ1) is 6.06. The van der Waals surface area contributed by atoms with E-state index in [1.165, 1.54) is 0 Å². The van der Waals surface area contributed by atoms with Crippen LogP contribution in [0.3, 0.4) is 0 Å². The number of nitrogens with one attached hydrogen (secondary N) is 1. The average molecular weight is 188 g/mol. The monoisotopic (exact) mass is 188 g/mol. The maximum atomic E-state index is 12.2. The van der Waals surface area contributed by atoms with Crippen LogP contribution in [0, 0.1) is 6.92 Å². The van der Waals surface area contributed by atoms with Crippen LogP contribution in [0.2, 0.25) is 0 Å². The second-order valence-corrected chi connectivity index (χ2v) is 2.70. The Bertz CT molecular complexity index is 360. The molecule has 0 saturated carbocycles. The van der Waals surface area contributed by atoms with Crippen molar-refractivity contribution in [2.45, 2.75) is 19.9 Å². The van der Waals surface area contributed by atoms with Crippen LogP contribution in [0.25, 0.3) is 0 Å². The summed E-state index contributed by atoms with van der Waals surface area (Å²) in [5.74, 6) is 0. The van der Waals surface area contributed by atoms with E-state index in [9.17, 15) is 13.6 Å². The molecule has 1 aromatic heterocycles. The van der Waals surface area contributed by atoms with E-state index >= 15 is 0 Å². The Morgan fingerprint density at radius 1 is 1.62 bits per heavy atom. The Balaban J connectivity index is 3.29. The summed E-state index contributed by atoms with van der Waals surface area (Å²) in [4.78, 5) is 13.6. The van der Waals surface area contributed by atoms with Crippen molar-refractivity contribution in [3.05, 3.63) is 33.2 Å². The van der Waals surface area contributed by atoms with Crippen LogP contribution in [-0.2, 0) is 6.54 Å². The Morgan fingerprint density at radius 3 is 2.62 bits per heavy atom.